The van der Waals surface area contributed by atoms with Crippen molar-refractivity contribution >= 4 is 0 Å². The van der Waals surface area contributed by atoms with E-state index in [-0.39, 0.29) is 32.2 Å². The summed E-state index contributed by atoms with van der Waals surface area (Å²) >= 11 is 0. The van der Waals surface area contributed by atoms with E-state index in [1.165, 1.54) is 24.5 Å². The van der Waals surface area contributed by atoms with E-state index in [1.807, 2.05) is 0 Å². The number of rotatable bonds is 0. The van der Waals surface area contributed by atoms with Crippen LogP contribution in [0.15, 0.2) is 48.8 Å². The van der Waals surface area contributed by atoms with Crippen LogP contribution in [0.2, 0.25) is 0 Å². The maximum atomic E-state index is 8.52. The number of hydrogen-bond donors (Lipinski definition) is 2. The monoisotopic (exact) mass is 296 g/mol. The summed E-state index contributed by atoms with van der Waals surface area (Å²) in [6.07, 6.45) is 3.07. The molecule has 0 amide bonds. The van der Waals surface area contributed by atoms with E-state index in [0.717, 1.165) is 0 Å². The van der Waals surface area contributed by atoms with Crippen molar-refractivity contribution in [3.63, 3.8) is 0 Å². The summed E-state index contributed by atoms with van der Waals surface area (Å²) in [5, 5.41) is 17.0. The molecule has 2 rings (SSSR count). The van der Waals surface area contributed by atoms with Crippen LogP contribution >= 0.6 is 0 Å². The van der Waals surface area contributed by atoms with Crippen LogP contribution in [0.3, 0.4) is 0 Å². The molecule has 0 aliphatic rings. The Balaban J connectivity index is 0.000000245. The van der Waals surface area contributed by atoms with Gasteiger partial charge in [-0.2, -0.15) is 0 Å². The smallest absolute Gasteiger partial charge is 0.210 e. The summed E-state index contributed by atoms with van der Waals surface area (Å²) < 4.78 is 0. The van der Waals surface area contributed by atoms with E-state index < -0.39 is 0 Å². The molecule has 0 saturated heterocycles. The minimum Gasteiger partial charge on any atom is -0.493 e. The summed E-state index contributed by atoms with van der Waals surface area (Å²) in [6.45, 7) is 0. The van der Waals surface area contributed by atoms with Gasteiger partial charge in [0.15, 0.2) is 0 Å². The molecule has 2 N–H and O–H groups in total. The van der Waals surface area contributed by atoms with Crippen LogP contribution in [0.5, 0.6) is 11.8 Å². The third-order valence-corrected chi connectivity index (χ3v) is 1.30. The van der Waals surface area contributed by atoms with Gasteiger partial charge in [-0.1, -0.05) is 12.1 Å². The summed E-state index contributed by atoms with van der Waals surface area (Å²) in [7, 11) is 0. The fourth-order valence-corrected chi connectivity index (χ4v) is 0.707. The molecule has 0 aliphatic carbocycles. The topological polar surface area (TPSA) is 66.2 Å². The summed E-state index contributed by atoms with van der Waals surface area (Å²) in [4.78, 5) is 7.07. The normalized spacial score (nSPS) is 8.00. The Morgan fingerprint density at radius 3 is 1.27 bits per heavy atom. The maximum Gasteiger partial charge on any atom is 0.210 e. The Kier molecular flexibility index (Phi) is 7.16. The molecule has 0 aliphatic heterocycles. The molecule has 2 aromatic rings. The first-order valence-corrected chi connectivity index (χ1v) is 3.99. The molecule has 0 fully saturated rings. The molecule has 0 atom stereocenters. The van der Waals surface area contributed by atoms with Gasteiger partial charge >= 0.3 is 0 Å². The molecular formula is C10H10N2O2Pd. The van der Waals surface area contributed by atoms with E-state index in [2.05, 4.69) is 9.97 Å². The summed E-state index contributed by atoms with van der Waals surface area (Å²) in [6, 6.07) is 10.0. The Bertz CT molecular complexity index is 319. The van der Waals surface area contributed by atoms with Crippen LogP contribution in [-0.2, 0) is 20.4 Å². The fourth-order valence-electron chi connectivity index (χ4n) is 0.707. The molecule has 4 nitrogen and oxygen atoms in total. The zero-order valence-electron chi connectivity index (χ0n) is 7.72. The third kappa shape index (κ3) is 6.61. The second-order valence-corrected chi connectivity index (χ2v) is 2.38. The van der Waals surface area contributed by atoms with E-state index in [4.69, 9.17) is 10.2 Å². The van der Waals surface area contributed by atoms with Crippen LogP contribution < -0.4 is 0 Å². The van der Waals surface area contributed by atoms with Crippen molar-refractivity contribution in [3.8, 4) is 11.8 Å². The van der Waals surface area contributed by atoms with Gasteiger partial charge in [0.05, 0.1) is 0 Å². The Labute approximate surface area is 101 Å². The predicted molar refractivity (Wildman–Crippen MR) is 51.8 cm³/mol. The van der Waals surface area contributed by atoms with Gasteiger partial charge in [-0.25, -0.2) is 9.97 Å². The third-order valence-electron chi connectivity index (χ3n) is 1.30. The first kappa shape index (κ1) is 13.6. The molecule has 0 aromatic carbocycles. The maximum absolute atomic E-state index is 8.52. The van der Waals surface area contributed by atoms with Crippen molar-refractivity contribution in [2.75, 3.05) is 0 Å². The van der Waals surface area contributed by atoms with E-state index >= 15 is 0 Å². The number of aromatic nitrogens is 2. The molecule has 5 heteroatoms. The number of nitrogens with zero attached hydrogens (tertiary/aromatic N) is 2. The molecule has 0 bridgehead atoms. The van der Waals surface area contributed by atoms with E-state index in [9.17, 15) is 0 Å². The quantitative estimate of drug-likeness (QED) is 0.724. The first-order valence-electron chi connectivity index (χ1n) is 3.99. The number of hydrogen-bond acceptors (Lipinski definition) is 4. The molecule has 82 valence electrons. The van der Waals surface area contributed by atoms with Gasteiger partial charge in [0.25, 0.3) is 0 Å². The average Bonchev–Trinajstić information content (AvgIpc) is 2.21. The van der Waals surface area contributed by atoms with Crippen molar-refractivity contribution in [3.05, 3.63) is 48.8 Å². The SMILES string of the molecule is Oc1ccccn1.Oc1ccccn1.[Pd]. The van der Waals surface area contributed by atoms with Crippen molar-refractivity contribution in [1.29, 1.82) is 0 Å². The molecule has 15 heavy (non-hydrogen) atoms. The minimum atomic E-state index is 0. The second-order valence-electron chi connectivity index (χ2n) is 2.38. The van der Waals surface area contributed by atoms with Gasteiger partial charge in [0, 0.05) is 44.9 Å². The fraction of sp³-hybridized carbons (Fsp3) is 0. The molecule has 0 saturated carbocycles. The van der Waals surface area contributed by atoms with Gasteiger partial charge in [-0.05, 0) is 12.1 Å². The zero-order chi connectivity index (χ0) is 10.2. The summed E-state index contributed by atoms with van der Waals surface area (Å²) in [5.74, 6) is 0.144. The van der Waals surface area contributed by atoms with Gasteiger partial charge in [-0.3, -0.25) is 0 Å². The van der Waals surface area contributed by atoms with Gasteiger partial charge in [0.1, 0.15) is 0 Å². The van der Waals surface area contributed by atoms with Crippen molar-refractivity contribution in [2.45, 2.75) is 0 Å². The van der Waals surface area contributed by atoms with Crippen molar-refractivity contribution in [2.24, 2.45) is 0 Å². The Morgan fingerprint density at radius 1 is 0.733 bits per heavy atom. The van der Waals surface area contributed by atoms with Crippen LogP contribution in [0.25, 0.3) is 0 Å². The van der Waals surface area contributed by atoms with Crippen molar-refractivity contribution in [1.82, 2.24) is 9.97 Å². The Hall–Kier alpha value is -1.44. The average molecular weight is 297 g/mol. The van der Waals surface area contributed by atoms with Crippen LogP contribution in [0.1, 0.15) is 0 Å². The number of aromatic hydroxyl groups is 2. The second kappa shape index (κ2) is 7.92. The molecule has 0 radical (unpaired) electrons. The summed E-state index contributed by atoms with van der Waals surface area (Å²) in [5.41, 5.74) is 0. The number of pyridine rings is 2. The predicted octanol–water partition coefficient (Wildman–Crippen LogP) is 1.57. The Morgan fingerprint density at radius 2 is 1.13 bits per heavy atom. The van der Waals surface area contributed by atoms with Gasteiger partial charge in [-0.15, -0.1) is 0 Å². The largest absolute Gasteiger partial charge is 0.493 e. The first-order chi connectivity index (χ1) is 6.79. The van der Waals surface area contributed by atoms with Crippen LogP contribution in [0.4, 0.5) is 0 Å². The standard InChI is InChI=1S/2C5H5NO.Pd/c2*7-5-3-1-2-4-6-5;/h2*1-4H,(H,6,7);. The zero-order valence-corrected chi connectivity index (χ0v) is 9.28. The van der Waals surface area contributed by atoms with Crippen LogP contribution in [-0.4, -0.2) is 20.2 Å². The molecule has 2 aromatic heterocycles. The molecule has 2 heterocycles. The minimum absolute atomic E-state index is 0. The molecular weight excluding hydrogens is 287 g/mol. The van der Waals surface area contributed by atoms with Gasteiger partial charge in [0.2, 0.25) is 11.8 Å². The molecule has 0 spiro atoms. The van der Waals surface area contributed by atoms with E-state index in [1.54, 1.807) is 24.3 Å². The van der Waals surface area contributed by atoms with Crippen molar-refractivity contribution < 1.29 is 30.6 Å². The molecule has 0 unspecified atom stereocenters. The van der Waals surface area contributed by atoms with E-state index in [0.29, 0.717) is 0 Å². The van der Waals surface area contributed by atoms with Gasteiger partial charge < -0.3 is 10.2 Å². The van der Waals surface area contributed by atoms with Crippen LogP contribution in [0, 0.1) is 0 Å².